The molecule has 2 aromatic carbocycles. The number of allylic oxidation sites excluding steroid dienone is 2. The van der Waals surface area contributed by atoms with Crippen LogP contribution < -0.4 is 14.8 Å². The molecule has 0 saturated heterocycles. The third kappa shape index (κ3) is 3.80. The highest BCUT2D eigenvalue weighted by atomic mass is 32.2. The van der Waals surface area contributed by atoms with Crippen LogP contribution in [0.1, 0.15) is 41.3 Å². The first-order valence-electron chi connectivity index (χ1n) is 10.8. The van der Waals surface area contributed by atoms with Gasteiger partial charge in [0, 0.05) is 22.2 Å². The number of rotatable bonds is 6. The number of hydrogen-bond donors (Lipinski definition) is 2. The van der Waals surface area contributed by atoms with Crippen molar-refractivity contribution in [2.24, 2.45) is 5.92 Å². The number of benzene rings is 2. The second-order valence-electron chi connectivity index (χ2n) is 8.26. The topological polar surface area (TPSA) is 67.4 Å². The molecule has 166 valence electrons. The molecular weight excluding hydrogens is 440 g/mol. The molecule has 0 fully saturated rings. The van der Waals surface area contributed by atoms with Crippen molar-refractivity contribution in [2.45, 2.75) is 37.1 Å². The average molecular weight is 467 g/mol. The van der Waals surface area contributed by atoms with Crippen molar-refractivity contribution in [3.05, 3.63) is 82.1 Å². The van der Waals surface area contributed by atoms with E-state index in [4.69, 9.17) is 4.74 Å². The zero-order valence-electron chi connectivity index (χ0n) is 18.0. The fourth-order valence-electron chi connectivity index (χ4n) is 4.70. The minimum absolute atomic E-state index is 0.207. The second kappa shape index (κ2) is 8.30. The molecule has 2 N–H and O–H groups in total. The summed E-state index contributed by atoms with van der Waals surface area (Å²) in [5.74, 6) is 1.31. The number of thiophene rings is 1. The number of aryl methyl sites for hydroxylation is 1. The Balaban J connectivity index is 1.44. The standard InChI is InChI=1S/C25H26N2O3S2/c1-3-30-18-9-7-17(8-10-18)27-32(28,29)19-11-12-23-22(15-19)20-5-4-6-21(20)24(26-23)25-16(2)13-14-31-25/h4-5,7-15,20-21,24,26-27H,3,6H2,1-2H3. The summed E-state index contributed by atoms with van der Waals surface area (Å²) < 4.78 is 34.3. The lowest BCUT2D eigenvalue weighted by Gasteiger charge is -2.37. The molecule has 5 rings (SSSR count). The molecule has 1 aliphatic carbocycles. The quantitative estimate of drug-likeness (QED) is 0.432. The molecule has 2 heterocycles. The Hall–Kier alpha value is -2.77. The maximum atomic E-state index is 13.1. The van der Waals surface area contributed by atoms with Crippen molar-refractivity contribution in [3.8, 4) is 5.75 Å². The Bertz CT molecular complexity index is 1260. The van der Waals surface area contributed by atoms with E-state index in [9.17, 15) is 8.42 Å². The van der Waals surface area contributed by atoms with Crippen molar-refractivity contribution >= 4 is 32.7 Å². The molecule has 2 aliphatic rings. The van der Waals surface area contributed by atoms with E-state index >= 15 is 0 Å². The van der Waals surface area contributed by atoms with Crippen molar-refractivity contribution in [2.75, 3.05) is 16.6 Å². The van der Waals surface area contributed by atoms with E-state index in [0.29, 0.717) is 24.0 Å². The molecule has 1 aromatic heterocycles. The highest BCUT2D eigenvalue weighted by molar-refractivity contribution is 7.92. The van der Waals surface area contributed by atoms with Gasteiger partial charge < -0.3 is 10.1 Å². The molecule has 32 heavy (non-hydrogen) atoms. The van der Waals surface area contributed by atoms with Crippen LogP contribution in [-0.4, -0.2) is 15.0 Å². The SMILES string of the molecule is CCOc1ccc(NS(=O)(=O)c2ccc3c(c2)C2C=CCC2C(c2sccc2C)N3)cc1. The fourth-order valence-corrected chi connectivity index (χ4v) is 6.85. The van der Waals surface area contributed by atoms with Gasteiger partial charge in [0.1, 0.15) is 5.75 Å². The van der Waals surface area contributed by atoms with Gasteiger partial charge in [0.25, 0.3) is 10.0 Å². The van der Waals surface area contributed by atoms with Gasteiger partial charge in [-0.25, -0.2) is 8.42 Å². The second-order valence-corrected chi connectivity index (χ2v) is 10.9. The van der Waals surface area contributed by atoms with Crippen LogP contribution in [0, 0.1) is 12.8 Å². The van der Waals surface area contributed by atoms with Crippen molar-refractivity contribution in [1.29, 1.82) is 0 Å². The molecule has 7 heteroatoms. The van der Waals surface area contributed by atoms with Gasteiger partial charge in [0.05, 0.1) is 17.5 Å². The van der Waals surface area contributed by atoms with Gasteiger partial charge in [0.2, 0.25) is 0 Å². The van der Waals surface area contributed by atoms with E-state index in [0.717, 1.165) is 17.7 Å². The largest absolute Gasteiger partial charge is 0.494 e. The van der Waals surface area contributed by atoms with Crippen LogP contribution in [0.5, 0.6) is 5.75 Å². The summed E-state index contributed by atoms with van der Waals surface area (Å²) in [5.41, 5.74) is 3.87. The van der Waals surface area contributed by atoms with Crippen LogP contribution in [0.3, 0.4) is 0 Å². The average Bonchev–Trinajstić information content (AvgIpc) is 3.44. The van der Waals surface area contributed by atoms with Crippen LogP contribution in [0.2, 0.25) is 0 Å². The smallest absolute Gasteiger partial charge is 0.261 e. The molecule has 0 spiro atoms. The van der Waals surface area contributed by atoms with Gasteiger partial charge in [-0.3, -0.25) is 4.72 Å². The summed E-state index contributed by atoms with van der Waals surface area (Å²) in [7, 11) is -3.70. The lowest BCUT2D eigenvalue weighted by atomic mass is 9.78. The zero-order chi connectivity index (χ0) is 22.3. The summed E-state index contributed by atoms with van der Waals surface area (Å²) >= 11 is 1.79. The van der Waals surface area contributed by atoms with Crippen LogP contribution in [0.4, 0.5) is 11.4 Å². The Morgan fingerprint density at radius 1 is 1.16 bits per heavy atom. The van der Waals surface area contributed by atoms with Gasteiger partial charge in [-0.15, -0.1) is 11.3 Å². The van der Waals surface area contributed by atoms with Crippen molar-refractivity contribution in [3.63, 3.8) is 0 Å². The van der Waals surface area contributed by atoms with Gasteiger partial charge in [-0.1, -0.05) is 12.2 Å². The summed E-state index contributed by atoms with van der Waals surface area (Å²) in [6.45, 7) is 4.63. The van der Waals surface area contributed by atoms with E-state index in [-0.39, 0.29) is 16.9 Å². The number of sulfonamides is 1. The van der Waals surface area contributed by atoms with E-state index in [2.05, 4.69) is 40.6 Å². The molecule has 0 amide bonds. The third-order valence-electron chi connectivity index (χ3n) is 6.25. The Kier molecular flexibility index (Phi) is 5.47. The number of anilines is 2. The van der Waals surface area contributed by atoms with Crippen LogP contribution in [0.15, 0.2) is 71.0 Å². The van der Waals surface area contributed by atoms with Gasteiger partial charge in [0.15, 0.2) is 0 Å². The van der Waals surface area contributed by atoms with Crippen LogP contribution >= 0.6 is 11.3 Å². The first-order valence-corrected chi connectivity index (χ1v) is 13.2. The van der Waals surface area contributed by atoms with Crippen molar-refractivity contribution < 1.29 is 13.2 Å². The molecule has 5 nitrogen and oxygen atoms in total. The predicted octanol–water partition coefficient (Wildman–Crippen LogP) is 6.08. The van der Waals surface area contributed by atoms with Gasteiger partial charge in [-0.2, -0.15) is 0 Å². The molecule has 0 saturated carbocycles. The van der Waals surface area contributed by atoms with E-state index in [1.807, 2.05) is 19.1 Å². The highest BCUT2D eigenvalue weighted by Gasteiger charge is 2.39. The Morgan fingerprint density at radius 3 is 2.69 bits per heavy atom. The van der Waals surface area contributed by atoms with E-state index in [1.165, 1.54) is 10.4 Å². The maximum Gasteiger partial charge on any atom is 0.261 e. The lowest BCUT2D eigenvalue weighted by Crippen LogP contribution is -2.29. The van der Waals surface area contributed by atoms with Gasteiger partial charge >= 0.3 is 0 Å². The summed E-state index contributed by atoms with van der Waals surface area (Å²) in [6, 6.07) is 14.8. The minimum Gasteiger partial charge on any atom is -0.494 e. The van der Waals surface area contributed by atoms with E-state index in [1.54, 1.807) is 41.7 Å². The first-order chi connectivity index (χ1) is 15.5. The third-order valence-corrected chi connectivity index (χ3v) is 8.73. The minimum atomic E-state index is -3.70. The zero-order valence-corrected chi connectivity index (χ0v) is 19.7. The Labute approximate surface area is 193 Å². The van der Waals surface area contributed by atoms with E-state index < -0.39 is 10.0 Å². The summed E-state index contributed by atoms with van der Waals surface area (Å²) in [6.07, 6.45) is 5.44. The molecule has 0 radical (unpaired) electrons. The molecule has 3 unspecified atom stereocenters. The van der Waals surface area contributed by atoms with Crippen LogP contribution in [-0.2, 0) is 10.0 Å². The molecule has 0 bridgehead atoms. The first kappa shape index (κ1) is 21.1. The number of fused-ring (bicyclic) bond motifs is 3. The maximum absolute atomic E-state index is 13.1. The predicted molar refractivity (Wildman–Crippen MR) is 130 cm³/mol. The normalized spacial score (nSPS) is 21.5. The molecular formula is C25H26N2O3S2. The van der Waals surface area contributed by atoms with Crippen molar-refractivity contribution in [1.82, 2.24) is 0 Å². The number of hydrogen-bond acceptors (Lipinski definition) is 5. The highest BCUT2D eigenvalue weighted by Crippen LogP contribution is 2.51. The Morgan fingerprint density at radius 2 is 1.97 bits per heavy atom. The molecule has 1 aliphatic heterocycles. The summed E-state index contributed by atoms with van der Waals surface area (Å²) in [4.78, 5) is 1.64. The van der Waals surface area contributed by atoms with Crippen LogP contribution in [0.25, 0.3) is 0 Å². The summed E-state index contributed by atoms with van der Waals surface area (Å²) in [5, 5.41) is 5.84. The van der Waals surface area contributed by atoms with Gasteiger partial charge in [-0.05, 0) is 91.2 Å². The number of ether oxygens (including phenoxy) is 1. The fraction of sp³-hybridized carbons (Fsp3) is 0.280. The molecule has 3 atom stereocenters. The number of nitrogens with one attached hydrogen (secondary N) is 2. The lowest BCUT2D eigenvalue weighted by molar-refractivity contribution is 0.340. The molecule has 3 aromatic rings. The monoisotopic (exact) mass is 466 g/mol.